The standard InChI is InChI=1S/C18H27N3O3S.ClH/c22-18(16-9-4-5-11-19-16)20-14-15-8-2-3-10-17(15)25(23,24)21-12-6-1-7-13-21;/h2-3,8,10,16,19H,1,4-7,9,11-14H2,(H,20,22);1H. The third-order valence-electron chi connectivity index (χ3n) is 4.99. The number of rotatable bonds is 5. The van der Waals surface area contributed by atoms with Crippen molar-refractivity contribution in [2.75, 3.05) is 19.6 Å². The van der Waals surface area contributed by atoms with Crippen molar-refractivity contribution < 1.29 is 13.2 Å². The molecule has 2 aliphatic rings. The van der Waals surface area contributed by atoms with Gasteiger partial charge in [0.25, 0.3) is 0 Å². The molecule has 1 amide bonds. The molecular formula is C18H28ClN3O3S. The summed E-state index contributed by atoms with van der Waals surface area (Å²) in [6, 6.07) is 6.82. The molecule has 0 aliphatic carbocycles. The smallest absolute Gasteiger partial charge is 0.243 e. The minimum absolute atomic E-state index is 0. The van der Waals surface area contributed by atoms with Gasteiger partial charge >= 0.3 is 0 Å². The van der Waals surface area contributed by atoms with Gasteiger partial charge in [0.05, 0.1) is 10.9 Å². The normalized spacial score (nSPS) is 21.6. The van der Waals surface area contributed by atoms with Gasteiger partial charge in [0.1, 0.15) is 0 Å². The van der Waals surface area contributed by atoms with Gasteiger partial charge in [-0.3, -0.25) is 4.79 Å². The summed E-state index contributed by atoms with van der Waals surface area (Å²) in [5.74, 6) is -0.0510. The molecule has 2 heterocycles. The number of carbonyl (C=O) groups excluding carboxylic acids is 1. The van der Waals surface area contributed by atoms with Crippen LogP contribution in [-0.4, -0.2) is 44.3 Å². The van der Waals surface area contributed by atoms with Gasteiger partial charge in [-0.05, 0) is 43.9 Å². The molecule has 2 fully saturated rings. The molecule has 1 aromatic carbocycles. The van der Waals surface area contributed by atoms with E-state index in [0.29, 0.717) is 23.5 Å². The monoisotopic (exact) mass is 401 g/mol. The number of amides is 1. The van der Waals surface area contributed by atoms with E-state index in [9.17, 15) is 13.2 Å². The maximum Gasteiger partial charge on any atom is 0.243 e. The Labute approximate surface area is 162 Å². The van der Waals surface area contributed by atoms with Crippen LogP contribution in [0.1, 0.15) is 44.1 Å². The lowest BCUT2D eigenvalue weighted by Gasteiger charge is -2.27. The van der Waals surface area contributed by atoms with E-state index in [1.165, 1.54) is 0 Å². The van der Waals surface area contributed by atoms with Gasteiger partial charge in [0, 0.05) is 19.6 Å². The van der Waals surface area contributed by atoms with Crippen LogP contribution in [0.3, 0.4) is 0 Å². The lowest BCUT2D eigenvalue weighted by Crippen LogP contribution is -2.46. The predicted octanol–water partition coefficient (Wildman–Crippen LogP) is 2.04. The molecule has 2 saturated heterocycles. The largest absolute Gasteiger partial charge is 0.351 e. The zero-order valence-electron chi connectivity index (χ0n) is 14.9. The lowest BCUT2D eigenvalue weighted by molar-refractivity contribution is -0.123. The molecule has 146 valence electrons. The number of halogens is 1. The van der Waals surface area contributed by atoms with E-state index in [0.717, 1.165) is 45.1 Å². The highest BCUT2D eigenvalue weighted by Gasteiger charge is 2.28. The van der Waals surface area contributed by atoms with E-state index < -0.39 is 10.0 Å². The molecule has 2 N–H and O–H groups in total. The summed E-state index contributed by atoms with van der Waals surface area (Å²) in [4.78, 5) is 12.6. The van der Waals surface area contributed by atoms with E-state index in [2.05, 4.69) is 10.6 Å². The lowest BCUT2D eigenvalue weighted by atomic mass is 10.0. The number of carbonyl (C=O) groups is 1. The van der Waals surface area contributed by atoms with Crippen LogP contribution in [0.25, 0.3) is 0 Å². The Hall–Kier alpha value is -1.15. The second kappa shape index (κ2) is 9.69. The Morgan fingerprint density at radius 2 is 1.85 bits per heavy atom. The van der Waals surface area contributed by atoms with Crippen LogP contribution >= 0.6 is 12.4 Å². The number of piperidine rings is 2. The molecule has 1 atom stereocenters. The highest BCUT2D eigenvalue weighted by Crippen LogP contribution is 2.23. The fraction of sp³-hybridized carbons (Fsp3) is 0.611. The van der Waals surface area contributed by atoms with Crippen molar-refractivity contribution in [1.29, 1.82) is 0 Å². The number of nitrogens with one attached hydrogen (secondary N) is 2. The zero-order chi connectivity index (χ0) is 17.7. The topological polar surface area (TPSA) is 78.5 Å². The third kappa shape index (κ3) is 4.97. The molecule has 3 rings (SSSR count). The first-order valence-electron chi connectivity index (χ1n) is 9.18. The van der Waals surface area contributed by atoms with E-state index in [-0.39, 0.29) is 30.9 Å². The number of sulfonamides is 1. The van der Waals surface area contributed by atoms with Crippen LogP contribution in [0.5, 0.6) is 0 Å². The molecule has 6 nitrogen and oxygen atoms in total. The molecule has 1 aromatic rings. The van der Waals surface area contributed by atoms with Gasteiger partial charge in [-0.25, -0.2) is 8.42 Å². The van der Waals surface area contributed by atoms with Gasteiger partial charge in [-0.2, -0.15) is 4.31 Å². The molecule has 2 aliphatic heterocycles. The van der Waals surface area contributed by atoms with Crippen LogP contribution in [0.4, 0.5) is 0 Å². The Morgan fingerprint density at radius 3 is 2.54 bits per heavy atom. The first kappa shape index (κ1) is 21.2. The van der Waals surface area contributed by atoms with Crippen LogP contribution < -0.4 is 10.6 Å². The molecule has 0 aromatic heterocycles. The number of nitrogens with zero attached hydrogens (tertiary/aromatic N) is 1. The van der Waals surface area contributed by atoms with Crippen molar-refractivity contribution in [2.24, 2.45) is 0 Å². The zero-order valence-corrected chi connectivity index (χ0v) is 16.6. The molecule has 0 saturated carbocycles. The summed E-state index contributed by atoms with van der Waals surface area (Å²) >= 11 is 0. The van der Waals surface area contributed by atoms with Gasteiger partial charge in [-0.15, -0.1) is 12.4 Å². The van der Waals surface area contributed by atoms with Gasteiger partial charge in [-0.1, -0.05) is 31.0 Å². The molecule has 1 unspecified atom stereocenters. The van der Waals surface area contributed by atoms with Crippen LogP contribution in [0.15, 0.2) is 29.2 Å². The molecule has 0 spiro atoms. The average Bonchev–Trinajstić information content (AvgIpc) is 2.67. The van der Waals surface area contributed by atoms with Crippen LogP contribution in [-0.2, 0) is 21.4 Å². The van der Waals surface area contributed by atoms with Gasteiger partial charge < -0.3 is 10.6 Å². The van der Waals surface area contributed by atoms with Crippen molar-refractivity contribution in [3.05, 3.63) is 29.8 Å². The molecular weight excluding hydrogens is 374 g/mol. The van der Waals surface area contributed by atoms with E-state index in [1.807, 2.05) is 6.07 Å². The van der Waals surface area contributed by atoms with E-state index in [1.54, 1.807) is 22.5 Å². The maximum absolute atomic E-state index is 13.0. The fourth-order valence-corrected chi connectivity index (χ4v) is 5.27. The maximum atomic E-state index is 13.0. The molecule has 8 heteroatoms. The molecule has 0 radical (unpaired) electrons. The van der Waals surface area contributed by atoms with Crippen molar-refractivity contribution >= 4 is 28.3 Å². The summed E-state index contributed by atoms with van der Waals surface area (Å²) in [6.07, 6.45) is 5.88. The molecule has 0 bridgehead atoms. The second-order valence-corrected chi connectivity index (χ2v) is 8.70. The Balaban J connectivity index is 0.00000243. The quantitative estimate of drug-likeness (QED) is 0.791. The van der Waals surface area contributed by atoms with Gasteiger partial charge in [0.2, 0.25) is 15.9 Å². The predicted molar refractivity (Wildman–Crippen MR) is 104 cm³/mol. The first-order chi connectivity index (χ1) is 12.1. The number of hydrogen-bond acceptors (Lipinski definition) is 4. The van der Waals surface area contributed by atoms with Crippen LogP contribution in [0.2, 0.25) is 0 Å². The highest BCUT2D eigenvalue weighted by atomic mass is 35.5. The summed E-state index contributed by atoms with van der Waals surface area (Å²) in [5, 5.41) is 6.11. The van der Waals surface area contributed by atoms with E-state index >= 15 is 0 Å². The number of benzene rings is 1. The average molecular weight is 402 g/mol. The SMILES string of the molecule is Cl.O=C(NCc1ccccc1S(=O)(=O)N1CCCCC1)C1CCCCN1. The summed E-state index contributed by atoms with van der Waals surface area (Å²) in [7, 11) is -3.50. The third-order valence-corrected chi connectivity index (χ3v) is 6.98. The van der Waals surface area contributed by atoms with E-state index in [4.69, 9.17) is 0 Å². The molecule has 26 heavy (non-hydrogen) atoms. The Bertz CT molecular complexity index is 699. The summed E-state index contributed by atoms with van der Waals surface area (Å²) < 4.78 is 27.5. The fourth-order valence-electron chi connectivity index (χ4n) is 3.53. The van der Waals surface area contributed by atoms with Gasteiger partial charge in [0.15, 0.2) is 0 Å². The van der Waals surface area contributed by atoms with Crippen molar-refractivity contribution in [3.8, 4) is 0 Å². The van der Waals surface area contributed by atoms with Crippen molar-refractivity contribution in [1.82, 2.24) is 14.9 Å². The van der Waals surface area contributed by atoms with Crippen molar-refractivity contribution in [2.45, 2.75) is 56.0 Å². The number of hydrogen-bond donors (Lipinski definition) is 2. The Morgan fingerprint density at radius 1 is 1.12 bits per heavy atom. The minimum atomic E-state index is -3.50. The first-order valence-corrected chi connectivity index (χ1v) is 10.6. The summed E-state index contributed by atoms with van der Waals surface area (Å²) in [5.41, 5.74) is 0.650. The van der Waals surface area contributed by atoms with Crippen LogP contribution in [0, 0.1) is 0 Å². The Kier molecular flexibility index (Phi) is 7.88. The second-order valence-electron chi connectivity index (χ2n) is 6.79. The summed E-state index contributed by atoms with van der Waals surface area (Å²) in [6.45, 7) is 2.25. The minimum Gasteiger partial charge on any atom is -0.351 e. The van der Waals surface area contributed by atoms with Crippen molar-refractivity contribution in [3.63, 3.8) is 0 Å². The highest BCUT2D eigenvalue weighted by molar-refractivity contribution is 7.89.